The van der Waals surface area contributed by atoms with Gasteiger partial charge in [-0.25, -0.2) is 9.98 Å². The van der Waals surface area contributed by atoms with Crippen LogP contribution in [-0.2, 0) is 23.9 Å². The van der Waals surface area contributed by atoms with Crippen molar-refractivity contribution >= 4 is 74.9 Å². The van der Waals surface area contributed by atoms with E-state index in [0.717, 1.165) is 22.2 Å². The molecule has 0 saturated heterocycles. The molecule has 1 aromatic heterocycles. The van der Waals surface area contributed by atoms with Crippen LogP contribution in [0.15, 0.2) is 106 Å². The van der Waals surface area contributed by atoms with E-state index in [-0.39, 0.29) is 17.2 Å². The highest BCUT2D eigenvalue weighted by atomic mass is 35.5. The van der Waals surface area contributed by atoms with Gasteiger partial charge in [0, 0.05) is 19.5 Å². The molecular weight excluding hydrogens is 707 g/mol. The maximum absolute atomic E-state index is 12.6. The Balaban J connectivity index is 0.000000261. The van der Waals surface area contributed by atoms with Crippen LogP contribution in [0.2, 0.25) is 0 Å². The van der Waals surface area contributed by atoms with E-state index in [0.29, 0.717) is 33.9 Å². The highest BCUT2D eigenvalue weighted by molar-refractivity contribution is 6.40. The van der Waals surface area contributed by atoms with Crippen LogP contribution in [0.4, 0.5) is 17.1 Å². The normalized spacial score (nSPS) is 11.8. The van der Waals surface area contributed by atoms with Crippen LogP contribution >= 0.6 is 23.2 Å². The SMILES string of the molecule is CC(=O)O[C@@H](C)C(=O)Nc1cccc(C)c1C(=O)Nc1ccccc1.CC(=O)O[C@@H](C)c1nc2cccc(C)c2c(=Nc2ccccc2)o1.ClCCl. The number of nitrogens with zero attached hydrogens (tertiary/aromatic N) is 2. The molecule has 2 atom stereocenters. The Bertz CT molecular complexity index is 2060. The third-order valence-corrected chi connectivity index (χ3v) is 7.08. The number of carbonyl (C=O) groups is 4. The van der Waals surface area contributed by atoms with Crippen LogP contribution in [0.3, 0.4) is 0 Å². The third-order valence-electron chi connectivity index (χ3n) is 7.08. The first-order valence-electron chi connectivity index (χ1n) is 16.1. The summed E-state index contributed by atoms with van der Waals surface area (Å²) < 4.78 is 15.9. The number of para-hydroxylation sites is 2. The van der Waals surface area contributed by atoms with Crippen molar-refractivity contribution in [1.29, 1.82) is 0 Å². The molecule has 0 bridgehead atoms. The van der Waals surface area contributed by atoms with Gasteiger partial charge in [-0.05, 0) is 75.2 Å². The minimum absolute atomic E-state index is 0.194. The first-order chi connectivity index (χ1) is 24.8. The molecule has 2 amide bonds. The van der Waals surface area contributed by atoms with Gasteiger partial charge in [0.2, 0.25) is 11.4 Å². The van der Waals surface area contributed by atoms with Crippen molar-refractivity contribution in [2.75, 3.05) is 16.0 Å². The van der Waals surface area contributed by atoms with Gasteiger partial charge >= 0.3 is 11.9 Å². The van der Waals surface area contributed by atoms with E-state index in [4.69, 9.17) is 37.1 Å². The summed E-state index contributed by atoms with van der Waals surface area (Å²) in [4.78, 5) is 56.1. The number of hydrogen-bond acceptors (Lipinski definition) is 9. The van der Waals surface area contributed by atoms with Crippen molar-refractivity contribution in [3.05, 3.63) is 125 Å². The fraction of sp³-hybridized carbons (Fsp3) is 0.231. The molecule has 5 rings (SSSR count). The van der Waals surface area contributed by atoms with E-state index >= 15 is 0 Å². The molecule has 0 aliphatic heterocycles. The van der Waals surface area contributed by atoms with Gasteiger partial charge < -0.3 is 24.5 Å². The lowest BCUT2D eigenvalue weighted by Crippen LogP contribution is -2.30. The predicted octanol–water partition coefficient (Wildman–Crippen LogP) is 8.55. The summed E-state index contributed by atoms with van der Waals surface area (Å²) in [6.45, 7) is 9.55. The van der Waals surface area contributed by atoms with Crippen LogP contribution in [0.1, 0.15) is 61.2 Å². The maximum Gasteiger partial charge on any atom is 0.303 e. The Morgan fingerprint density at radius 1 is 0.769 bits per heavy atom. The largest absolute Gasteiger partial charge is 0.453 e. The summed E-state index contributed by atoms with van der Waals surface area (Å²) in [6, 6.07) is 29.5. The average molecular weight is 748 g/mol. The number of aryl methyl sites for hydroxylation is 2. The Morgan fingerprint density at radius 2 is 1.35 bits per heavy atom. The van der Waals surface area contributed by atoms with Gasteiger partial charge in [0.15, 0.2) is 12.2 Å². The second-order valence-electron chi connectivity index (χ2n) is 11.2. The predicted molar refractivity (Wildman–Crippen MR) is 203 cm³/mol. The van der Waals surface area contributed by atoms with E-state index in [2.05, 4.69) is 20.6 Å². The van der Waals surface area contributed by atoms with Crippen molar-refractivity contribution in [2.45, 2.75) is 53.8 Å². The third kappa shape index (κ3) is 12.4. The highest BCUT2D eigenvalue weighted by Gasteiger charge is 2.21. The maximum atomic E-state index is 12.6. The Labute approximate surface area is 312 Å². The number of benzene rings is 4. The van der Waals surface area contributed by atoms with Crippen LogP contribution in [0.5, 0.6) is 0 Å². The molecule has 272 valence electrons. The Hall–Kier alpha value is -5.52. The molecule has 2 N–H and O–H groups in total. The zero-order valence-corrected chi connectivity index (χ0v) is 31.1. The zero-order valence-electron chi connectivity index (χ0n) is 29.6. The lowest BCUT2D eigenvalue weighted by Gasteiger charge is -2.16. The minimum Gasteiger partial charge on any atom is -0.453 e. The minimum atomic E-state index is -0.956. The van der Waals surface area contributed by atoms with Crippen LogP contribution < -0.4 is 16.2 Å². The van der Waals surface area contributed by atoms with Gasteiger partial charge in [0.1, 0.15) is 0 Å². The van der Waals surface area contributed by atoms with E-state index in [9.17, 15) is 19.2 Å². The molecule has 52 heavy (non-hydrogen) atoms. The number of nitrogens with one attached hydrogen (secondary N) is 2. The molecule has 13 heteroatoms. The van der Waals surface area contributed by atoms with E-state index in [1.165, 1.54) is 20.8 Å². The Kier molecular flexibility index (Phi) is 16.0. The molecule has 0 unspecified atom stereocenters. The zero-order chi connectivity index (χ0) is 38.2. The van der Waals surface area contributed by atoms with Crippen molar-refractivity contribution in [3.63, 3.8) is 0 Å². The fourth-order valence-electron chi connectivity index (χ4n) is 4.81. The topological polar surface area (TPSA) is 149 Å². The Morgan fingerprint density at radius 3 is 1.96 bits per heavy atom. The lowest BCUT2D eigenvalue weighted by molar-refractivity contribution is -0.150. The first-order valence-corrected chi connectivity index (χ1v) is 17.1. The van der Waals surface area contributed by atoms with Crippen LogP contribution in [-0.4, -0.2) is 40.2 Å². The van der Waals surface area contributed by atoms with Crippen molar-refractivity contribution in [2.24, 2.45) is 4.99 Å². The number of anilines is 2. The van der Waals surface area contributed by atoms with E-state index in [1.54, 1.807) is 44.2 Å². The van der Waals surface area contributed by atoms with Crippen molar-refractivity contribution in [1.82, 2.24) is 4.98 Å². The summed E-state index contributed by atoms with van der Waals surface area (Å²) in [5.74, 6) is -1.45. The molecule has 0 spiro atoms. The van der Waals surface area contributed by atoms with Crippen LogP contribution in [0.25, 0.3) is 10.9 Å². The van der Waals surface area contributed by atoms with E-state index in [1.807, 2.05) is 73.7 Å². The van der Waals surface area contributed by atoms with Gasteiger partial charge in [0.05, 0.1) is 33.2 Å². The number of esters is 2. The number of ether oxygens (including phenoxy) is 2. The number of halogens is 2. The summed E-state index contributed by atoms with van der Waals surface area (Å²) >= 11 is 9.53. The van der Waals surface area contributed by atoms with Gasteiger partial charge in [-0.3, -0.25) is 19.2 Å². The number of aromatic nitrogens is 1. The molecule has 1 heterocycles. The summed E-state index contributed by atoms with van der Waals surface area (Å²) in [5.41, 5.74) is 5.09. The smallest absolute Gasteiger partial charge is 0.303 e. The molecule has 0 saturated carbocycles. The summed E-state index contributed by atoms with van der Waals surface area (Å²) in [6.07, 6.45) is -1.54. The molecule has 5 aromatic rings. The second-order valence-corrected chi connectivity index (χ2v) is 12.0. The standard InChI is InChI=1S/C19H20N2O4.C19H18N2O3.CH2Cl2/c1-12-8-7-11-16(21-18(23)13(2)25-14(3)22)17(12)19(24)20-15-9-5-4-6-10-15;1-12-8-7-11-16-17(12)19(20-15-9-5-4-6-10-15)24-18(21-16)13(2)23-14(3)22;2-1-3/h4-11,13H,1-3H3,(H,20,24)(H,21,23);4-11,13H,1-3H3;1H2/t2*13-;/m00./s1. The first kappa shape index (κ1) is 40.9. The molecule has 11 nitrogen and oxygen atoms in total. The number of hydrogen-bond donors (Lipinski definition) is 2. The number of alkyl halides is 2. The van der Waals surface area contributed by atoms with E-state index < -0.39 is 24.1 Å². The molecular formula is C39H40Cl2N4O7. The monoisotopic (exact) mass is 746 g/mol. The second kappa shape index (κ2) is 20.4. The summed E-state index contributed by atoms with van der Waals surface area (Å²) in [7, 11) is 0. The molecule has 0 radical (unpaired) electrons. The quantitative estimate of drug-likeness (QED) is 0.119. The number of rotatable bonds is 8. The number of carbonyl (C=O) groups excluding carboxylic acids is 4. The van der Waals surface area contributed by atoms with Gasteiger partial charge in [-0.2, -0.15) is 0 Å². The lowest BCUT2D eigenvalue weighted by atomic mass is 10.1. The van der Waals surface area contributed by atoms with Crippen molar-refractivity contribution in [3.8, 4) is 0 Å². The number of amides is 2. The molecule has 4 aromatic carbocycles. The van der Waals surface area contributed by atoms with Gasteiger partial charge in [-0.15, -0.1) is 23.2 Å². The average Bonchev–Trinajstić information content (AvgIpc) is 3.09. The molecule has 0 aliphatic rings. The van der Waals surface area contributed by atoms with Gasteiger partial charge in [0.25, 0.3) is 11.8 Å². The fourth-order valence-corrected chi connectivity index (χ4v) is 4.81. The van der Waals surface area contributed by atoms with Crippen molar-refractivity contribution < 1.29 is 33.1 Å². The molecule has 0 fully saturated rings. The highest BCUT2D eigenvalue weighted by Crippen LogP contribution is 2.23. The van der Waals surface area contributed by atoms with Gasteiger partial charge in [-0.1, -0.05) is 60.7 Å². The summed E-state index contributed by atoms with van der Waals surface area (Å²) in [5, 5.41) is 6.49. The number of fused-ring (bicyclic) bond motifs is 1. The van der Waals surface area contributed by atoms with Crippen LogP contribution in [0, 0.1) is 13.8 Å². The molecule has 0 aliphatic carbocycles.